The van der Waals surface area contributed by atoms with Crippen LogP contribution < -0.4 is 0 Å². The van der Waals surface area contributed by atoms with Crippen LogP contribution in [0.3, 0.4) is 0 Å². The molecule has 0 spiro atoms. The average Bonchev–Trinajstić information content (AvgIpc) is 2.59. The summed E-state index contributed by atoms with van der Waals surface area (Å²) in [6, 6.07) is -0.0552. The minimum atomic E-state index is -0.847. The number of thioether (sulfide) groups is 1. The fourth-order valence-electron chi connectivity index (χ4n) is 2.23. The van der Waals surface area contributed by atoms with Crippen LogP contribution in [0.4, 0.5) is 0 Å². The molecule has 6 heteroatoms. The maximum atomic E-state index is 10.6. The number of carboxylic acid groups (broad SMARTS) is 1. The second-order valence-electron chi connectivity index (χ2n) is 4.55. The van der Waals surface area contributed by atoms with Gasteiger partial charge in [-0.15, -0.1) is 0 Å². The first kappa shape index (κ1) is 14.8. The Kier molecular flexibility index (Phi) is 6.26. The number of carbonyl (C=O) groups is 1. The number of aliphatic carboxylic acids is 1. The largest absolute Gasteiger partial charge is 0.480 e. The number of hydrogen-bond acceptors (Lipinski definition) is 5. The number of β-amino-alcohol motifs (C(OH)–C–C–N with tert-alkyl or cyclic N) is 1. The summed E-state index contributed by atoms with van der Waals surface area (Å²) in [6.07, 6.45) is 2.76. The summed E-state index contributed by atoms with van der Waals surface area (Å²) in [5, 5.41) is 18.6. The topological polar surface area (TPSA) is 64.0 Å². The second kappa shape index (κ2) is 7.20. The Labute approximate surface area is 107 Å². The average molecular weight is 262 g/mol. The number of aliphatic hydroxyl groups excluding tert-OH is 1. The molecule has 17 heavy (non-hydrogen) atoms. The first-order valence-corrected chi connectivity index (χ1v) is 7.25. The van der Waals surface area contributed by atoms with Gasteiger partial charge in [0.1, 0.15) is 0 Å². The van der Waals surface area contributed by atoms with Gasteiger partial charge in [-0.05, 0) is 32.0 Å². The third-order valence-electron chi connectivity index (χ3n) is 3.11. The number of aliphatic hydroxyl groups is 1. The van der Waals surface area contributed by atoms with Crippen LogP contribution in [0.2, 0.25) is 0 Å². The van der Waals surface area contributed by atoms with E-state index in [9.17, 15) is 9.90 Å². The van der Waals surface area contributed by atoms with Gasteiger partial charge in [0.25, 0.3) is 0 Å². The quantitative estimate of drug-likeness (QED) is 0.620. The molecule has 0 aromatic carbocycles. The molecule has 0 aliphatic carbocycles. The highest BCUT2D eigenvalue weighted by Gasteiger charge is 2.34. The Morgan fingerprint density at radius 2 is 2.24 bits per heavy atom. The molecular weight excluding hydrogens is 240 g/mol. The van der Waals surface area contributed by atoms with E-state index in [0.29, 0.717) is 6.54 Å². The summed E-state index contributed by atoms with van der Waals surface area (Å²) in [5.41, 5.74) is 0. The molecule has 0 aromatic heterocycles. The van der Waals surface area contributed by atoms with E-state index >= 15 is 0 Å². The lowest BCUT2D eigenvalue weighted by Gasteiger charge is -2.24. The van der Waals surface area contributed by atoms with E-state index in [1.807, 2.05) is 11.8 Å². The molecule has 1 heterocycles. The van der Waals surface area contributed by atoms with Crippen molar-refractivity contribution in [3.8, 4) is 0 Å². The predicted octanol–water partition coefficient (Wildman–Crippen LogP) is -0.199. The lowest BCUT2D eigenvalue weighted by molar-refractivity contribution is -0.138. The summed E-state index contributed by atoms with van der Waals surface area (Å²) >= 11 is 1.82. The lowest BCUT2D eigenvalue weighted by Crippen LogP contribution is -2.43. The molecule has 0 saturated carbocycles. The Morgan fingerprint density at radius 3 is 2.82 bits per heavy atom. The lowest BCUT2D eigenvalue weighted by atomic mass is 10.2. The third-order valence-corrected chi connectivity index (χ3v) is 3.81. The summed E-state index contributed by atoms with van der Waals surface area (Å²) in [5.74, 6) is 0.280. The van der Waals surface area contributed by atoms with Gasteiger partial charge in [0, 0.05) is 19.1 Å². The zero-order valence-electron chi connectivity index (χ0n) is 10.5. The van der Waals surface area contributed by atoms with Gasteiger partial charge in [0.05, 0.1) is 12.6 Å². The molecule has 1 aliphatic heterocycles. The maximum Gasteiger partial charge on any atom is 0.317 e. The van der Waals surface area contributed by atoms with Crippen LogP contribution >= 0.6 is 11.8 Å². The highest BCUT2D eigenvalue weighted by Crippen LogP contribution is 2.15. The minimum Gasteiger partial charge on any atom is -0.480 e. The molecule has 100 valence electrons. The fraction of sp³-hybridized carbons (Fsp3) is 0.909. The molecule has 2 N–H and O–H groups in total. The van der Waals surface area contributed by atoms with E-state index in [1.165, 1.54) is 0 Å². The Hall–Kier alpha value is -0.300. The van der Waals surface area contributed by atoms with E-state index < -0.39 is 12.1 Å². The summed E-state index contributed by atoms with van der Waals surface area (Å²) < 4.78 is 0. The Balaban J connectivity index is 2.35. The predicted molar refractivity (Wildman–Crippen MR) is 69.5 cm³/mol. The molecule has 1 unspecified atom stereocenters. The van der Waals surface area contributed by atoms with Crippen molar-refractivity contribution in [3.05, 3.63) is 0 Å². The van der Waals surface area contributed by atoms with Gasteiger partial charge in [0.2, 0.25) is 0 Å². The van der Waals surface area contributed by atoms with E-state index in [0.717, 1.165) is 25.3 Å². The van der Waals surface area contributed by atoms with Crippen LogP contribution in [0.25, 0.3) is 0 Å². The van der Waals surface area contributed by atoms with Crippen molar-refractivity contribution in [2.45, 2.75) is 18.6 Å². The van der Waals surface area contributed by atoms with Crippen LogP contribution in [0.15, 0.2) is 0 Å². The number of carboxylic acids is 1. The second-order valence-corrected chi connectivity index (χ2v) is 5.54. The van der Waals surface area contributed by atoms with Gasteiger partial charge in [-0.1, -0.05) is 0 Å². The normalized spacial score (nSPS) is 25.6. The molecule has 2 atom stereocenters. The van der Waals surface area contributed by atoms with Crippen molar-refractivity contribution < 1.29 is 15.0 Å². The first-order valence-electron chi connectivity index (χ1n) is 5.86. The van der Waals surface area contributed by atoms with E-state index in [-0.39, 0.29) is 12.6 Å². The van der Waals surface area contributed by atoms with Crippen LogP contribution in [-0.2, 0) is 4.79 Å². The van der Waals surface area contributed by atoms with Crippen molar-refractivity contribution in [2.75, 3.05) is 45.2 Å². The smallest absolute Gasteiger partial charge is 0.317 e. The van der Waals surface area contributed by atoms with Crippen molar-refractivity contribution in [2.24, 2.45) is 0 Å². The summed E-state index contributed by atoms with van der Waals surface area (Å²) in [4.78, 5) is 14.6. The van der Waals surface area contributed by atoms with Crippen LogP contribution in [0, 0.1) is 0 Å². The van der Waals surface area contributed by atoms with Crippen molar-refractivity contribution in [1.82, 2.24) is 9.80 Å². The van der Waals surface area contributed by atoms with Crippen molar-refractivity contribution >= 4 is 17.7 Å². The van der Waals surface area contributed by atoms with Gasteiger partial charge in [0.15, 0.2) is 0 Å². The Morgan fingerprint density at radius 1 is 1.53 bits per heavy atom. The van der Waals surface area contributed by atoms with Crippen LogP contribution in [0.5, 0.6) is 0 Å². The number of likely N-dealkylation sites (N-methyl/N-ethyl adjacent to an activating group) is 1. The Bertz CT molecular complexity index is 253. The number of likely N-dealkylation sites (tertiary alicyclic amines) is 1. The molecule has 5 nitrogen and oxygen atoms in total. The highest BCUT2D eigenvalue weighted by atomic mass is 32.2. The number of hydrogen-bond donors (Lipinski definition) is 2. The molecular formula is C11H22N2O3S. The monoisotopic (exact) mass is 262 g/mol. The summed E-state index contributed by atoms with van der Waals surface area (Å²) in [6.45, 7) is 2.39. The minimum absolute atomic E-state index is 0.0135. The van der Waals surface area contributed by atoms with E-state index in [4.69, 9.17) is 5.11 Å². The zero-order valence-corrected chi connectivity index (χ0v) is 11.3. The molecule has 1 rings (SSSR count). The van der Waals surface area contributed by atoms with Gasteiger partial charge in [-0.2, -0.15) is 11.8 Å². The molecule has 1 saturated heterocycles. The fourth-order valence-corrected chi connectivity index (χ4v) is 2.64. The number of nitrogens with zero attached hydrogens (tertiary/aromatic N) is 2. The molecule has 0 aromatic rings. The highest BCUT2D eigenvalue weighted by molar-refractivity contribution is 7.98. The molecule has 1 fully saturated rings. The van der Waals surface area contributed by atoms with Crippen LogP contribution in [-0.4, -0.2) is 83.4 Å². The van der Waals surface area contributed by atoms with Gasteiger partial charge in [-0.3, -0.25) is 14.6 Å². The molecule has 0 amide bonds. The van der Waals surface area contributed by atoms with E-state index in [2.05, 4.69) is 11.2 Å². The van der Waals surface area contributed by atoms with Gasteiger partial charge in [-0.25, -0.2) is 0 Å². The molecule has 0 bridgehead atoms. The third kappa shape index (κ3) is 4.83. The van der Waals surface area contributed by atoms with Crippen molar-refractivity contribution in [3.63, 3.8) is 0 Å². The maximum absolute atomic E-state index is 10.6. The molecule has 0 radical (unpaired) electrons. The standard InChI is InChI=1S/C11H22N2O3S/c1-12(8-11(15)16)9-6-13(7-10(9)14)4-3-5-17-2/h9-10,14H,3-8H2,1-2H3,(H,15,16)/t9?,10-/m1/s1. The molecule has 1 aliphatic rings. The summed E-state index contributed by atoms with van der Waals surface area (Å²) in [7, 11) is 1.76. The SMILES string of the molecule is CSCCCN1CC(N(C)CC(=O)O)[C@H](O)C1. The number of rotatable bonds is 7. The van der Waals surface area contributed by atoms with Crippen LogP contribution in [0.1, 0.15) is 6.42 Å². The van der Waals surface area contributed by atoms with Gasteiger partial charge < -0.3 is 10.2 Å². The van der Waals surface area contributed by atoms with E-state index in [1.54, 1.807) is 11.9 Å². The van der Waals surface area contributed by atoms with Crippen molar-refractivity contribution in [1.29, 1.82) is 0 Å². The zero-order chi connectivity index (χ0) is 12.8. The first-order chi connectivity index (χ1) is 8.04. The van der Waals surface area contributed by atoms with Gasteiger partial charge >= 0.3 is 5.97 Å².